The molecule has 0 amide bonds. The fraction of sp³-hybridized carbons (Fsp3) is 0.938. The van der Waals surface area contributed by atoms with Crippen molar-refractivity contribution in [1.29, 1.82) is 0 Å². The van der Waals surface area contributed by atoms with Crippen LogP contribution in [-0.2, 0) is 37.9 Å². The van der Waals surface area contributed by atoms with Crippen molar-refractivity contribution in [2.24, 2.45) is 0 Å². The summed E-state index contributed by atoms with van der Waals surface area (Å²) in [7, 11) is 0. The molecule has 8 atom stereocenters. The van der Waals surface area contributed by atoms with E-state index in [0.717, 1.165) is 64.2 Å². The molecule has 242 valence electrons. The summed E-state index contributed by atoms with van der Waals surface area (Å²) in [6.45, 7) is 14.2. The molecule has 0 spiro atoms. The second-order valence-corrected chi connectivity index (χ2v) is 11.1. The van der Waals surface area contributed by atoms with Crippen molar-refractivity contribution >= 4 is 0 Å². The Morgan fingerprint density at radius 2 is 1.12 bits per heavy atom. The van der Waals surface area contributed by atoms with E-state index in [1.54, 1.807) is 6.26 Å². The summed E-state index contributed by atoms with van der Waals surface area (Å²) in [6, 6.07) is 0. The van der Waals surface area contributed by atoms with Crippen molar-refractivity contribution in [3.63, 3.8) is 0 Å². The Balaban J connectivity index is 2.30. The second-order valence-electron chi connectivity index (χ2n) is 11.1. The summed E-state index contributed by atoms with van der Waals surface area (Å²) in [5, 5.41) is 11.4. The Morgan fingerprint density at radius 1 is 0.610 bits per heavy atom. The molecule has 9 heteroatoms. The molecule has 2 heterocycles. The third-order valence-electron chi connectivity index (χ3n) is 7.39. The predicted octanol–water partition coefficient (Wildman–Crippen LogP) is 5.56. The first-order valence-corrected chi connectivity index (χ1v) is 16.4. The first-order chi connectivity index (χ1) is 20.1. The minimum absolute atomic E-state index is 0.247. The number of hydrogen-bond donors (Lipinski definition) is 1. The molecule has 1 N–H and O–H groups in total. The quantitative estimate of drug-likeness (QED) is 0.146. The molecular formula is C32H60O9. The maximum atomic E-state index is 11.4. The summed E-state index contributed by atoms with van der Waals surface area (Å²) >= 11 is 0. The zero-order valence-corrected chi connectivity index (χ0v) is 26.5. The molecule has 1 fully saturated rings. The molecule has 2 aliphatic rings. The van der Waals surface area contributed by atoms with Crippen molar-refractivity contribution in [3.8, 4) is 0 Å². The topological polar surface area (TPSA) is 94.1 Å². The van der Waals surface area contributed by atoms with Crippen molar-refractivity contribution in [2.45, 2.75) is 148 Å². The molecule has 0 aromatic carbocycles. The fourth-order valence-electron chi connectivity index (χ4n) is 4.71. The third-order valence-corrected chi connectivity index (χ3v) is 7.39. The standard InChI is InChI=1S/C32H60O9/c1-6-11-17-34-23-26-28(33)30(38-20-14-9-4)31(39-21-15-10-5)32(40-26)41-29-25(36-19-13-8-3)16-22-37-27(29)24-35-18-12-7-2/h16,22,25-33H,6-15,17-21,23-24H2,1-5H3. The molecule has 2 aliphatic heterocycles. The summed E-state index contributed by atoms with van der Waals surface area (Å²) in [5.41, 5.74) is 0. The van der Waals surface area contributed by atoms with Gasteiger partial charge in [-0.2, -0.15) is 0 Å². The average Bonchev–Trinajstić information content (AvgIpc) is 2.98. The second kappa shape index (κ2) is 22.7. The Morgan fingerprint density at radius 3 is 1.71 bits per heavy atom. The smallest absolute Gasteiger partial charge is 0.187 e. The van der Waals surface area contributed by atoms with Gasteiger partial charge in [0.25, 0.3) is 0 Å². The van der Waals surface area contributed by atoms with Crippen molar-refractivity contribution in [3.05, 3.63) is 12.3 Å². The number of rotatable bonds is 24. The SMILES string of the molecule is CCCCOCC1OC(OC2C(OCCCC)C=COC2COCCCC)C(OCCCC)C(OCCCC)C1O. The van der Waals surface area contributed by atoms with Gasteiger partial charge in [0, 0.05) is 33.0 Å². The largest absolute Gasteiger partial charge is 0.493 e. The van der Waals surface area contributed by atoms with Gasteiger partial charge in [0.1, 0.15) is 36.6 Å². The predicted molar refractivity (Wildman–Crippen MR) is 159 cm³/mol. The van der Waals surface area contributed by atoms with Gasteiger partial charge in [0.15, 0.2) is 12.4 Å². The van der Waals surface area contributed by atoms with E-state index in [9.17, 15) is 5.11 Å². The Labute approximate surface area is 249 Å². The molecule has 0 radical (unpaired) electrons. The van der Waals surface area contributed by atoms with Gasteiger partial charge in [-0.15, -0.1) is 0 Å². The summed E-state index contributed by atoms with van der Waals surface area (Å²) in [4.78, 5) is 0. The zero-order valence-electron chi connectivity index (χ0n) is 26.5. The van der Waals surface area contributed by atoms with Crippen molar-refractivity contribution in [2.75, 3.05) is 46.2 Å². The van der Waals surface area contributed by atoms with Crippen LogP contribution < -0.4 is 0 Å². The summed E-state index contributed by atoms with van der Waals surface area (Å²) in [5.74, 6) is 0. The van der Waals surface area contributed by atoms with Crippen LogP contribution in [0.2, 0.25) is 0 Å². The molecule has 0 aliphatic carbocycles. The lowest BCUT2D eigenvalue weighted by Gasteiger charge is -2.46. The van der Waals surface area contributed by atoms with Gasteiger partial charge < -0.3 is 43.0 Å². The molecule has 8 unspecified atom stereocenters. The number of aliphatic hydroxyl groups is 1. The first-order valence-electron chi connectivity index (χ1n) is 16.4. The van der Waals surface area contributed by atoms with E-state index in [-0.39, 0.29) is 18.8 Å². The molecule has 0 saturated carbocycles. The van der Waals surface area contributed by atoms with Crippen LogP contribution in [0.15, 0.2) is 12.3 Å². The van der Waals surface area contributed by atoms with E-state index in [1.807, 2.05) is 6.08 Å². The molecule has 41 heavy (non-hydrogen) atoms. The lowest BCUT2D eigenvalue weighted by atomic mass is 9.98. The zero-order chi connectivity index (χ0) is 29.7. The first kappa shape index (κ1) is 36.4. The van der Waals surface area contributed by atoms with E-state index in [1.165, 1.54) is 0 Å². The molecule has 1 saturated heterocycles. The minimum atomic E-state index is -0.910. The Bertz CT molecular complexity index is 649. The van der Waals surface area contributed by atoms with Crippen LogP contribution in [0.1, 0.15) is 98.8 Å². The molecule has 2 rings (SSSR count). The molecular weight excluding hydrogens is 528 g/mol. The monoisotopic (exact) mass is 588 g/mol. The third kappa shape index (κ3) is 13.2. The average molecular weight is 589 g/mol. The van der Waals surface area contributed by atoms with Gasteiger partial charge in [-0.3, -0.25) is 0 Å². The van der Waals surface area contributed by atoms with E-state index in [4.69, 9.17) is 37.9 Å². The van der Waals surface area contributed by atoms with Gasteiger partial charge in [-0.05, 0) is 38.2 Å². The molecule has 0 aromatic rings. The van der Waals surface area contributed by atoms with E-state index in [2.05, 4.69) is 34.6 Å². The maximum Gasteiger partial charge on any atom is 0.187 e. The highest BCUT2D eigenvalue weighted by Gasteiger charge is 2.50. The number of aliphatic hydroxyl groups excluding tert-OH is 1. The number of unbranched alkanes of at least 4 members (excludes halogenated alkanes) is 5. The van der Waals surface area contributed by atoms with E-state index >= 15 is 0 Å². The van der Waals surface area contributed by atoms with Gasteiger partial charge in [-0.1, -0.05) is 66.7 Å². The highest BCUT2D eigenvalue weighted by atomic mass is 16.7. The highest BCUT2D eigenvalue weighted by Crippen LogP contribution is 2.31. The van der Waals surface area contributed by atoms with Crippen LogP contribution in [0, 0.1) is 0 Å². The van der Waals surface area contributed by atoms with Crippen LogP contribution >= 0.6 is 0 Å². The van der Waals surface area contributed by atoms with Gasteiger partial charge in [0.2, 0.25) is 0 Å². The van der Waals surface area contributed by atoms with Crippen LogP contribution in [0.25, 0.3) is 0 Å². The Kier molecular flexibility index (Phi) is 20.2. The number of ether oxygens (including phenoxy) is 8. The molecule has 0 bridgehead atoms. The van der Waals surface area contributed by atoms with Crippen molar-refractivity contribution in [1.82, 2.24) is 0 Å². The van der Waals surface area contributed by atoms with E-state index in [0.29, 0.717) is 39.6 Å². The summed E-state index contributed by atoms with van der Waals surface area (Å²) < 4.78 is 50.0. The van der Waals surface area contributed by atoms with Gasteiger partial charge in [-0.25, -0.2) is 0 Å². The minimum Gasteiger partial charge on any atom is -0.493 e. The summed E-state index contributed by atoms with van der Waals surface area (Å²) in [6.07, 6.45) is 8.58. The maximum absolute atomic E-state index is 11.4. The normalized spacial score (nSPS) is 30.0. The van der Waals surface area contributed by atoms with E-state index < -0.39 is 36.8 Å². The van der Waals surface area contributed by atoms with Crippen LogP contribution in [0.5, 0.6) is 0 Å². The fourth-order valence-corrected chi connectivity index (χ4v) is 4.71. The van der Waals surface area contributed by atoms with Crippen LogP contribution in [0.3, 0.4) is 0 Å². The lowest BCUT2D eigenvalue weighted by Crippen LogP contribution is -2.63. The van der Waals surface area contributed by atoms with Gasteiger partial charge in [0.05, 0.1) is 19.5 Å². The lowest BCUT2D eigenvalue weighted by molar-refractivity contribution is -0.338. The van der Waals surface area contributed by atoms with Crippen LogP contribution in [0.4, 0.5) is 0 Å². The molecule has 9 nitrogen and oxygen atoms in total. The highest BCUT2D eigenvalue weighted by molar-refractivity contribution is 5.01. The number of hydrogen-bond acceptors (Lipinski definition) is 9. The molecule has 0 aromatic heterocycles. The Hall–Kier alpha value is -0.780. The van der Waals surface area contributed by atoms with Crippen molar-refractivity contribution < 1.29 is 43.0 Å². The van der Waals surface area contributed by atoms with Gasteiger partial charge >= 0.3 is 0 Å². The van der Waals surface area contributed by atoms with Crippen LogP contribution in [-0.4, -0.2) is 100 Å².